The normalized spacial score (nSPS) is 10.5. The Morgan fingerprint density at radius 1 is 0.964 bits per heavy atom. The molecule has 2 N–H and O–H groups in total. The lowest BCUT2D eigenvalue weighted by Gasteiger charge is -2.09. The Labute approximate surface area is 158 Å². The van der Waals surface area contributed by atoms with Crippen molar-refractivity contribution in [3.8, 4) is 0 Å². The lowest BCUT2D eigenvalue weighted by Crippen LogP contribution is -2.20. The lowest BCUT2D eigenvalue weighted by atomic mass is 10.1. The summed E-state index contributed by atoms with van der Waals surface area (Å²) in [6.45, 7) is 2.84. The van der Waals surface area contributed by atoms with Crippen LogP contribution in [0.1, 0.15) is 33.2 Å². The first-order chi connectivity index (χ1) is 13.1. The summed E-state index contributed by atoms with van der Waals surface area (Å²) in [7, 11) is 0. The first kappa shape index (κ1) is 21.3. The van der Waals surface area contributed by atoms with E-state index in [1.807, 2.05) is 5.32 Å². The molecule has 2 amide bonds. The third kappa shape index (κ3) is 3.67. The molecule has 6 nitrogen and oxygen atoms in total. The third-order valence-electron chi connectivity index (χ3n) is 3.48. The minimum Gasteiger partial charge on any atom is -0.462 e. The van der Waals surface area contributed by atoms with E-state index in [2.05, 4.69) is 5.32 Å². The average molecular weight is 422 g/mol. The van der Waals surface area contributed by atoms with Crippen LogP contribution in [0.2, 0.25) is 0 Å². The molecule has 150 valence electrons. The van der Waals surface area contributed by atoms with Crippen molar-refractivity contribution in [2.45, 2.75) is 13.8 Å². The molecule has 0 saturated heterocycles. The van der Waals surface area contributed by atoms with Crippen molar-refractivity contribution >= 4 is 39.6 Å². The van der Waals surface area contributed by atoms with Crippen LogP contribution in [0, 0.1) is 36.0 Å². The van der Waals surface area contributed by atoms with Gasteiger partial charge in [-0.25, -0.2) is 26.7 Å². The zero-order valence-electron chi connectivity index (χ0n) is 14.2. The van der Waals surface area contributed by atoms with E-state index in [0.29, 0.717) is 11.3 Å². The molecular weight excluding hydrogens is 411 g/mol. The first-order valence-electron chi connectivity index (χ1n) is 7.49. The maximum atomic E-state index is 13.8. The second-order valence-corrected chi connectivity index (χ2v) is 6.16. The van der Waals surface area contributed by atoms with Crippen LogP contribution in [0.5, 0.6) is 0 Å². The van der Waals surface area contributed by atoms with Crippen LogP contribution in [0.4, 0.5) is 32.0 Å². The SMILES string of the molecule is CCOC(=O)c1c(NC(=O)c2c(F)c(F)c(F)c(F)c2F)sc(NC=O)c1C. The van der Waals surface area contributed by atoms with E-state index in [-0.39, 0.29) is 34.1 Å². The highest BCUT2D eigenvalue weighted by Crippen LogP contribution is 2.38. The Balaban J connectivity index is 2.54. The molecule has 0 aliphatic carbocycles. The fourth-order valence-corrected chi connectivity index (χ4v) is 3.26. The lowest BCUT2D eigenvalue weighted by molar-refractivity contribution is -0.105. The smallest absolute Gasteiger partial charge is 0.341 e. The van der Waals surface area contributed by atoms with E-state index in [0.717, 1.165) is 0 Å². The molecule has 0 saturated carbocycles. The highest BCUT2D eigenvalue weighted by Gasteiger charge is 2.31. The Morgan fingerprint density at radius 2 is 1.50 bits per heavy atom. The standard InChI is InChI=1S/C16H11F5N2O4S/c1-3-27-16(26)6-5(2)14(22-4-24)28-15(6)23-13(25)7-8(17)10(19)12(21)11(20)9(7)18/h4H,3H2,1-2H3,(H,22,24)(H,23,25). The van der Waals surface area contributed by atoms with Crippen LogP contribution in [-0.4, -0.2) is 24.9 Å². The molecule has 0 unspecified atom stereocenters. The van der Waals surface area contributed by atoms with Crippen molar-refractivity contribution in [1.29, 1.82) is 0 Å². The van der Waals surface area contributed by atoms with E-state index in [1.54, 1.807) is 0 Å². The number of amides is 2. The third-order valence-corrected chi connectivity index (χ3v) is 4.62. The minimum atomic E-state index is -2.41. The van der Waals surface area contributed by atoms with Crippen LogP contribution in [0.3, 0.4) is 0 Å². The quantitative estimate of drug-likeness (QED) is 0.244. The van der Waals surface area contributed by atoms with Crippen molar-refractivity contribution in [2.75, 3.05) is 17.2 Å². The van der Waals surface area contributed by atoms with Crippen molar-refractivity contribution in [1.82, 2.24) is 0 Å². The minimum absolute atomic E-state index is 0.0460. The number of thiophene rings is 1. The molecule has 0 aliphatic rings. The number of ether oxygens (including phenoxy) is 1. The van der Waals surface area contributed by atoms with Gasteiger partial charge in [0.15, 0.2) is 23.3 Å². The number of rotatable bonds is 6. The molecule has 0 aliphatic heterocycles. The number of carbonyl (C=O) groups excluding carboxylic acids is 3. The van der Waals surface area contributed by atoms with Gasteiger partial charge in [0.05, 0.1) is 12.2 Å². The highest BCUT2D eigenvalue weighted by atomic mass is 32.1. The van der Waals surface area contributed by atoms with Gasteiger partial charge >= 0.3 is 5.97 Å². The van der Waals surface area contributed by atoms with Crippen LogP contribution in [0.15, 0.2) is 0 Å². The largest absolute Gasteiger partial charge is 0.462 e. The molecule has 0 fully saturated rings. The average Bonchev–Trinajstić information content (AvgIpc) is 2.94. The molecule has 1 heterocycles. The summed E-state index contributed by atoms with van der Waals surface area (Å²) in [4.78, 5) is 35.0. The second-order valence-electron chi connectivity index (χ2n) is 5.14. The molecule has 12 heteroatoms. The second kappa shape index (κ2) is 8.33. The van der Waals surface area contributed by atoms with Crippen LogP contribution in [-0.2, 0) is 9.53 Å². The van der Waals surface area contributed by atoms with E-state index >= 15 is 0 Å². The molecule has 0 radical (unpaired) electrons. The number of hydrogen-bond acceptors (Lipinski definition) is 5. The predicted octanol–water partition coefficient (Wildman–Crippen LogP) is 3.75. The molecule has 1 aromatic carbocycles. The number of benzene rings is 1. The highest BCUT2D eigenvalue weighted by molar-refractivity contribution is 7.21. The molecule has 0 bridgehead atoms. The van der Waals surface area contributed by atoms with Gasteiger partial charge in [-0.3, -0.25) is 9.59 Å². The summed E-state index contributed by atoms with van der Waals surface area (Å²) in [5.74, 6) is -14.3. The van der Waals surface area contributed by atoms with E-state index in [1.165, 1.54) is 13.8 Å². The Kier molecular flexibility index (Phi) is 6.33. The van der Waals surface area contributed by atoms with Crippen LogP contribution in [0.25, 0.3) is 0 Å². The predicted molar refractivity (Wildman–Crippen MR) is 88.9 cm³/mol. The van der Waals surface area contributed by atoms with Gasteiger partial charge in [-0.15, -0.1) is 0 Å². The zero-order chi connectivity index (χ0) is 21.2. The molecule has 2 aromatic rings. The fourth-order valence-electron chi connectivity index (χ4n) is 2.21. The summed E-state index contributed by atoms with van der Waals surface area (Å²) in [6, 6.07) is 0. The topological polar surface area (TPSA) is 84.5 Å². The van der Waals surface area contributed by atoms with Crippen molar-refractivity contribution < 1.29 is 41.1 Å². The van der Waals surface area contributed by atoms with E-state index < -0.39 is 46.5 Å². The maximum Gasteiger partial charge on any atom is 0.341 e. The number of anilines is 2. The molecule has 2 rings (SSSR count). The molecule has 1 aromatic heterocycles. The number of esters is 1. The monoisotopic (exact) mass is 422 g/mol. The molecule has 0 spiro atoms. The van der Waals surface area contributed by atoms with Gasteiger partial charge in [0.1, 0.15) is 15.6 Å². The van der Waals surface area contributed by atoms with Gasteiger partial charge in [-0.2, -0.15) is 0 Å². The maximum absolute atomic E-state index is 13.8. The van der Waals surface area contributed by atoms with Gasteiger partial charge < -0.3 is 15.4 Å². The molecule has 28 heavy (non-hydrogen) atoms. The van der Waals surface area contributed by atoms with Gasteiger partial charge in [0.25, 0.3) is 5.91 Å². The summed E-state index contributed by atoms with van der Waals surface area (Å²) in [5, 5.41) is 3.98. The molecular formula is C16H11F5N2O4S. The van der Waals surface area contributed by atoms with Gasteiger partial charge in [-0.1, -0.05) is 11.3 Å². The van der Waals surface area contributed by atoms with E-state index in [4.69, 9.17) is 4.74 Å². The van der Waals surface area contributed by atoms with Crippen molar-refractivity contribution in [3.63, 3.8) is 0 Å². The van der Waals surface area contributed by atoms with Crippen LogP contribution < -0.4 is 10.6 Å². The fraction of sp³-hybridized carbons (Fsp3) is 0.188. The zero-order valence-corrected chi connectivity index (χ0v) is 15.0. The van der Waals surface area contributed by atoms with E-state index in [9.17, 15) is 36.3 Å². The summed E-state index contributed by atoms with van der Waals surface area (Å²) >= 11 is 0.630. The van der Waals surface area contributed by atoms with Crippen molar-refractivity contribution in [3.05, 3.63) is 45.8 Å². The van der Waals surface area contributed by atoms with Gasteiger partial charge in [-0.05, 0) is 13.8 Å². The van der Waals surface area contributed by atoms with Crippen LogP contribution >= 0.6 is 11.3 Å². The summed E-state index contributed by atoms with van der Waals surface area (Å²) in [5.41, 5.74) is -1.79. The Morgan fingerprint density at radius 3 is 2.00 bits per heavy atom. The first-order valence-corrected chi connectivity index (χ1v) is 8.30. The number of hydrogen-bond donors (Lipinski definition) is 2. The summed E-state index contributed by atoms with van der Waals surface area (Å²) in [6.07, 6.45) is 0.281. The molecule has 0 atom stereocenters. The summed E-state index contributed by atoms with van der Waals surface area (Å²) < 4.78 is 72.2. The van der Waals surface area contributed by atoms with Gasteiger partial charge in [0.2, 0.25) is 12.2 Å². The number of carbonyl (C=O) groups is 3. The number of halogens is 5. The van der Waals surface area contributed by atoms with Gasteiger partial charge in [0, 0.05) is 5.56 Å². The van der Waals surface area contributed by atoms with Crippen molar-refractivity contribution in [2.24, 2.45) is 0 Å². The Bertz CT molecular complexity index is 948. The Hall–Kier alpha value is -3.02. The number of nitrogens with one attached hydrogen (secondary N) is 2.